The molecule has 5 nitrogen and oxygen atoms in total. The third kappa shape index (κ3) is 4.59. The van der Waals surface area contributed by atoms with Gasteiger partial charge in [-0.1, -0.05) is 23.2 Å². The lowest BCUT2D eigenvalue weighted by atomic mass is 10.3. The number of ether oxygens (including phenoxy) is 1. The molecule has 124 valence electrons. The Kier molecular flexibility index (Phi) is 5.48. The number of hydrogen-bond donors (Lipinski definition) is 1. The van der Waals surface area contributed by atoms with E-state index in [1.807, 2.05) is 0 Å². The van der Waals surface area contributed by atoms with Crippen LogP contribution >= 0.6 is 23.2 Å². The second kappa shape index (κ2) is 7.18. The van der Waals surface area contributed by atoms with E-state index in [1.54, 1.807) is 6.92 Å². The maximum atomic E-state index is 12.5. The average Bonchev–Trinajstić information content (AvgIpc) is 2.48. The first kappa shape index (κ1) is 17.6. The summed E-state index contributed by atoms with van der Waals surface area (Å²) in [6.07, 6.45) is -2.48. The fourth-order valence-corrected chi connectivity index (χ4v) is 1.97. The van der Waals surface area contributed by atoms with Crippen LogP contribution in [0.15, 0.2) is 18.6 Å². The molecule has 0 aliphatic rings. The van der Waals surface area contributed by atoms with Crippen molar-refractivity contribution in [3.05, 3.63) is 39.9 Å². The maximum Gasteiger partial charge on any atom is 0.417 e. The van der Waals surface area contributed by atoms with E-state index >= 15 is 0 Å². The number of aryl methyl sites for hydroxylation is 1. The van der Waals surface area contributed by atoms with Crippen LogP contribution < -0.4 is 10.1 Å². The predicted octanol–water partition coefficient (Wildman–Crippen LogP) is 4.00. The molecular formula is C13H11Cl2F3N4O. The fourth-order valence-electron chi connectivity index (χ4n) is 1.58. The molecule has 0 bridgehead atoms. The second-order valence-electron chi connectivity index (χ2n) is 4.41. The van der Waals surface area contributed by atoms with Crippen molar-refractivity contribution >= 4 is 29.0 Å². The van der Waals surface area contributed by atoms with Gasteiger partial charge in [0.15, 0.2) is 0 Å². The number of nitrogens with zero attached hydrogens (tertiary/aromatic N) is 3. The van der Waals surface area contributed by atoms with Crippen LogP contribution in [-0.4, -0.2) is 28.1 Å². The van der Waals surface area contributed by atoms with Crippen LogP contribution in [0.1, 0.15) is 11.3 Å². The van der Waals surface area contributed by atoms with Crippen molar-refractivity contribution in [2.45, 2.75) is 13.1 Å². The van der Waals surface area contributed by atoms with Gasteiger partial charge in [0, 0.05) is 6.20 Å². The van der Waals surface area contributed by atoms with Crippen LogP contribution in [0.4, 0.5) is 19.0 Å². The van der Waals surface area contributed by atoms with Gasteiger partial charge >= 0.3 is 6.18 Å². The van der Waals surface area contributed by atoms with E-state index in [9.17, 15) is 13.2 Å². The highest BCUT2D eigenvalue weighted by Gasteiger charge is 2.31. The van der Waals surface area contributed by atoms with E-state index in [4.69, 9.17) is 27.9 Å². The van der Waals surface area contributed by atoms with Crippen molar-refractivity contribution in [3.63, 3.8) is 0 Å². The molecule has 10 heteroatoms. The van der Waals surface area contributed by atoms with Gasteiger partial charge in [-0.25, -0.2) is 15.0 Å². The normalized spacial score (nSPS) is 11.4. The Morgan fingerprint density at radius 3 is 2.61 bits per heavy atom. The van der Waals surface area contributed by atoms with Crippen LogP contribution in [-0.2, 0) is 6.18 Å². The van der Waals surface area contributed by atoms with Crippen molar-refractivity contribution in [2.75, 3.05) is 18.5 Å². The van der Waals surface area contributed by atoms with E-state index in [2.05, 4.69) is 20.3 Å². The van der Waals surface area contributed by atoms with Gasteiger partial charge in [-0.15, -0.1) is 0 Å². The summed E-state index contributed by atoms with van der Waals surface area (Å²) < 4.78 is 42.7. The van der Waals surface area contributed by atoms with E-state index in [-0.39, 0.29) is 17.5 Å². The Labute approximate surface area is 139 Å². The van der Waals surface area contributed by atoms with E-state index in [0.29, 0.717) is 29.3 Å². The number of pyridine rings is 1. The molecule has 0 spiro atoms. The Balaban J connectivity index is 1.91. The summed E-state index contributed by atoms with van der Waals surface area (Å²) >= 11 is 11.7. The highest BCUT2D eigenvalue weighted by Crippen LogP contribution is 2.33. The maximum absolute atomic E-state index is 12.5. The number of hydrogen-bond acceptors (Lipinski definition) is 5. The number of anilines is 1. The largest absolute Gasteiger partial charge is 0.475 e. The third-order valence-corrected chi connectivity index (χ3v) is 3.46. The van der Waals surface area contributed by atoms with Crippen LogP contribution in [0, 0.1) is 6.92 Å². The molecule has 0 aliphatic heterocycles. The first-order chi connectivity index (χ1) is 10.8. The van der Waals surface area contributed by atoms with E-state index in [0.717, 1.165) is 6.07 Å². The minimum atomic E-state index is -4.50. The van der Waals surface area contributed by atoms with Gasteiger partial charge in [-0.05, 0) is 13.0 Å². The number of halogens is 5. The zero-order chi connectivity index (χ0) is 17.0. The second-order valence-corrected chi connectivity index (χ2v) is 5.19. The van der Waals surface area contributed by atoms with Crippen molar-refractivity contribution in [3.8, 4) is 5.88 Å². The van der Waals surface area contributed by atoms with Crippen molar-refractivity contribution in [1.82, 2.24) is 15.0 Å². The van der Waals surface area contributed by atoms with Gasteiger partial charge in [0.05, 0.1) is 17.8 Å². The lowest BCUT2D eigenvalue weighted by Crippen LogP contribution is -2.14. The number of aromatic nitrogens is 3. The number of alkyl halides is 3. The first-order valence-electron chi connectivity index (χ1n) is 6.35. The zero-order valence-electron chi connectivity index (χ0n) is 11.8. The summed E-state index contributed by atoms with van der Waals surface area (Å²) in [5.74, 6) is 0.362. The minimum Gasteiger partial charge on any atom is -0.475 e. The summed E-state index contributed by atoms with van der Waals surface area (Å²) in [6.45, 7) is 2.14. The Morgan fingerprint density at radius 1 is 1.22 bits per heavy atom. The molecule has 2 rings (SSSR count). The standard InChI is InChI=1S/C13H11Cl2F3N4O/c1-7-10(15)11(22-6-21-7)19-2-3-23-12-9(14)4-8(5-20-12)13(16,17)18/h4-6H,2-3H2,1H3,(H,19,21,22). The van der Waals surface area contributed by atoms with Crippen molar-refractivity contribution in [2.24, 2.45) is 0 Å². The van der Waals surface area contributed by atoms with Crippen LogP contribution in [0.3, 0.4) is 0 Å². The quantitative estimate of drug-likeness (QED) is 0.810. The molecule has 0 saturated carbocycles. The molecule has 0 atom stereocenters. The molecule has 0 fully saturated rings. The summed E-state index contributed by atoms with van der Waals surface area (Å²) in [5, 5.41) is 3.10. The first-order valence-corrected chi connectivity index (χ1v) is 7.11. The molecule has 0 aromatic carbocycles. The molecule has 2 aromatic heterocycles. The van der Waals surface area contributed by atoms with Crippen LogP contribution in [0.25, 0.3) is 0 Å². The fraction of sp³-hybridized carbons (Fsp3) is 0.308. The molecule has 2 heterocycles. The zero-order valence-corrected chi connectivity index (χ0v) is 13.3. The van der Waals surface area contributed by atoms with E-state index < -0.39 is 11.7 Å². The molecule has 1 N–H and O–H groups in total. The Bertz CT molecular complexity index is 697. The van der Waals surface area contributed by atoms with Crippen molar-refractivity contribution in [1.29, 1.82) is 0 Å². The third-order valence-electron chi connectivity index (χ3n) is 2.73. The smallest absolute Gasteiger partial charge is 0.417 e. The van der Waals surface area contributed by atoms with Crippen molar-refractivity contribution < 1.29 is 17.9 Å². The van der Waals surface area contributed by atoms with Gasteiger partial charge in [0.1, 0.15) is 28.8 Å². The summed E-state index contributed by atoms with van der Waals surface area (Å²) in [4.78, 5) is 11.5. The lowest BCUT2D eigenvalue weighted by Gasteiger charge is -2.11. The molecule has 0 unspecified atom stereocenters. The van der Waals surface area contributed by atoms with Gasteiger partial charge < -0.3 is 10.1 Å². The summed E-state index contributed by atoms with van der Waals surface area (Å²) in [6, 6.07) is 0.766. The Morgan fingerprint density at radius 2 is 1.96 bits per heavy atom. The average molecular weight is 367 g/mol. The number of rotatable bonds is 5. The van der Waals surface area contributed by atoms with Gasteiger partial charge in [0.2, 0.25) is 5.88 Å². The van der Waals surface area contributed by atoms with Gasteiger partial charge in [-0.3, -0.25) is 0 Å². The highest BCUT2D eigenvalue weighted by molar-refractivity contribution is 6.33. The van der Waals surface area contributed by atoms with Gasteiger partial charge in [-0.2, -0.15) is 13.2 Å². The Hall–Kier alpha value is -1.80. The molecule has 0 aliphatic carbocycles. The highest BCUT2D eigenvalue weighted by atomic mass is 35.5. The predicted molar refractivity (Wildman–Crippen MR) is 80.0 cm³/mol. The molecule has 2 aromatic rings. The SMILES string of the molecule is Cc1ncnc(NCCOc2ncc(C(F)(F)F)cc2Cl)c1Cl. The van der Waals surface area contributed by atoms with Crippen LogP contribution in [0.2, 0.25) is 10.0 Å². The molecular weight excluding hydrogens is 356 g/mol. The summed E-state index contributed by atoms with van der Waals surface area (Å²) in [5.41, 5.74) is -0.311. The number of nitrogens with one attached hydrogen (secondary N) is 1. The lowest BCUT2D eigenvalue weighted by molar-refractivity contribution is -0.137. The minimum absolute atomic E-state index is 0.0774. The van der Waals surface area contributed by atoms with E-state index in [1.165, 1.54) is 6.33 Å². The van der Waals surface area contributed by atoms with Gasteiger partial charge in [0.25, 0.3) is 0 Å². The molecule has 0 radical (unpaired) electrons. The summed E-state index contributed by atoms with van der Waals surface area (Å²) in [7, 11) is 0. The monoisotopic (exact) mass is 366 g/mol. The topological polar surface area (TPSA) is 59.9 Å². The van der Waals surface area contributed by atoms with Crippen LogP contribution in [0.5, 0.6) is 5.88 Å². The molecule has 23 heavy (non-hydrogen) atoms. The molecule has 0 amide bonds. The molecule has 0 saturated heterocycles.